The second kappa shape index (κ2) is 2.99. The minimum atomic E-state index is -4.71. The lowest BCUT2D eigenvalue weighted by Gasteiger charge is -1.97. The molecule has 12 heavy (non-hydrogen) atoms. The SMILES string of the molecule is Cc1cc(S(=O)(=O)F)ncc1Cl. The van der Waals surface area contributed by atoms with E-state index in [4.69, 9.17) is 11.6 Å². The fraction of sp³-hybridized carbons (Fsp3) is 0.167. The molecule has 0 spiro atoms. The summed E-state index contributed by atoms with van der Waals surface area (Å²) in [6, 6.07) is 1.08. The first-order valence-electron chi connectivity index (χ1n) is 2.98. The molecule has 0 aliphatic carbocycles. The summed E-state index contributed by atoms with van der Waals surface area (Å²) >= 11 is 5.55. The number of hydrogen-bond acceptors (Lipinski definition) is 3. The van der Waals surface area contributed by atoms with Crippen LogP contribution in [0.5, 0.6) is 0 Å². The lowest BCUT2D eigenvalue weighted by molar-refractivity contribution is 0.547. The van der Waals surface area contributed by atoms with Gasteiger partial charge >= 0.3 is 10.2 Å². The fourth-order valence-corrected chi connectivity index (χ4v) is 1.25. The second-order valence-electron chi connectivity index (χ2n) is 2.21. The molecule has 0 bridgehead atoms. The lowest BCUT2D eigenvalue weighted by atomic mass is 10.3. The minimum absolute atomic E-state index is 0.308. The normalized spacial score (nSPS) is 11.6. The zero-order chi connectivity index (χ0) is 9.35. The van der Waals surface area contributed by atoms with Crippen LogP contribution in [0.1, 0.15) is 5.56 Å². The average Bonchev–Trinajstić information content (AvgIpc) is 1.92. The standard InChI is InChI=1S/C6H5ClFNO2S/c1-4-2-6(12(8,10)11)9-3-5(4)7/h2-3H,1H3. The summed E-state index contributed by atoms with van der Waals surface area (Å²) in [6.45, 7) is 1.57. The molecule has 0 amide bonds. The van der Waals surface area contributed by atoms with Gasteiger partial charge in [0.15, 0.2) is 5.03 Å². The Bertz CT molecular complexity index is 404. The van der Waals surface area contributed by atoms with E-state index in [-0.39, 0.29) is 0 Å². The Balaban J connectivity index is 3.33. The van der Waals surface area contributed by atoms with Crippen molar-refractivity contribution in [1.29, 1.82) is 0 Å². The third-order valence-corrected chi connectivity index (χ3v) is 2.39. The molecule has 0 fully saturated rings. The number of hydrogen-bond donors (Lipinski definition) is 0. The molecule has 66 valence electrons. The summed E-state index contributed by atoms with van der Waals surface area (Å²) in [5.41, 5.74) is 0.475. The highest BCUT2D eigenvalue weighted by atomic mass is 35.5. The third kappa shape index (κ3) is 1.92. The first kappa shape index (κ1) is 9.41. The van der Waals surface area contributed by atoms with E-state index in [1.54, 1.807) is 6.92 Å². The van der Waals surface area contributed by atoms with Gasteiger partial charge in [-0.1, -0.05) is 15.5 Å². The van der Waals surface area contributed by atoms with Gasteiger partial charge in [-0.25, -0.2) is 4.98 Å². The molecule has 1 aromatic heterocycles. The molecule has 1 rings (SSSR count). The number of halogens is 2. The first-order valence-corrected chi connectivity index (χ1v) is 4.74. The van der Waals surface area contributed by atoms with Gasteiger partial charge in [-0.05, 0) is 18.6 Å². The van der Waals surface area contributed by atoms with Crippen molar-refractivity contribution in [3.05, 3.63) is 22.8 Å². The Morgan fingerprint density at radius 1 is 1.58 bits per heavy atom. The molecule has 0 radical (unpaired) electrons. The third-order valence-electron chi connectivity index (χ3n) is 1.27. The monoisotopic (exact) mass is 209 g/mol. The molecule has 6 heteroatoms. The predicted octanol–water partition coefficient (Wildman–Crippen LogP) is 1.70. The van der Waals surface area contributed by atoms with Gasteiger partial charge in [-0.3, -0.25) is 0 Å². The Morgan fingerprint density at radius 2 is 2.17 bits per heavy atom. The maximum absolute atomic E-state index is 12.3. The molecular formula is C6H5ClFNO2S. The first-order chi connectivity index (χ1) is 5.41. The van der Waals surface area contributed by atoms with Crippen molar-refractivity contribution >= 4 is 21.8 Å². The topological polar surface area (TPSA) is 47.0 Å². The van der Waals surface area contributed by atoms with Crippen molar-refractivity contribution in [3.8, 4) is 0 Å². The Kier molecular flexibility index (Phi) is 2.34. The summed E-state index contributed by atoms with van der Waals surface area (Å²) < 4.78 is 32.9. The van der Waals surface area contributed by atoms with Crippen molar-refractivity contribution in [2.45, 2.75) is 11.9 Å². The zero-order valence-corrected chi connectivity index (χ0v) is 7.66. The Hall–Kier alpha value is -0.680. The maximum Gasteiger partial charge on any atom is 0.349 e. The average molecular weight is 210 g/mol. The van der Waals surface area contributed by atoms with Crippen LogP contribution in [0.25, 0.3) is 0 Å². The molecule has 1 heterocycles. The number of pyridine rings is 1. The van der Waals surface area contributed by atoms with Crippen LogP contribution in [-0.4, -0.2) is 13.4 Å². The molecule has 0 unspecified atom stereocenters. The van der Waals surface area contributed by atoms with E-state index >= 15 is 0 Å². The van der Waals surface area contributed by atoms with Gasteiger partial charge < -0.3 is 0 Å². The highest BCUT2D eigenvalue weighted by Gasteiger charge is 2.14. The smallest absolute Gasteiger partial charge is 0.241 e. The number of aromatic nitrogens is 1. The van der Waals surface area contributed by atoms with Crippen LogP contribution in [0.4, 0.5) is 3.89 Å². The van der Waals surface area contributed by atoms with Gasteiger partial charge in [0.1, 0.15) is 0 Å². The zero-order valence-electron chi connectivity index (χ0n) is 6.08. The van der Waals surface area contributed by atoms with Crippen LogP contribution in [0.15, 0.2) is 17.3 Å². The maximum atomic E-state index is 12.3. The Morgan fingerprint density at radius 3 is 2.58 bits per heavy atom. The Labute approximate surface area is 74.4 Å². The van der Waals surface area contributed by atoms with E-state index in [0.717, 1.165) is 12.3 Å². The van der Waals surface area contributed by atoms with Crippen LogP contribution in [0.3, 0.4) is 0 Å². The summed E-state index contributed by atoms with van der Waals surface area (Å²) in [5.74, 6) is 0. The molecule has 0 aliphatic rings. The van der Waals surface area contributed by atoms with E-state index in [9.17, 15) is 12.3 Å². The van der Waals surface area contributed by atoms with Crippen LogP contribution in [0, 0.1) is 6.92 Å². The van der Waals surface area contributed by atoms with Crippen molar-refractivity contribution in [1.82, 2.24) is 4.98 Å². The molecule has 0 N–H and O–H groups in total. The van der Waals surface area contributed by atoms with E-state index < -0.39 is 15.2 Å². The van der Waals surface area contributed by atoms with Gasteiger partial charge in [0.25, 0.3) is 0 Å². The molecule has 1 aromatic rings. The van der Waals surface area contributed by atoms with Crippen molar-refractivity contribution in [2.75, 3.05) is 0 Å². The molecule has 0 aromatic carbocycles. The summed E-state index contributed by atoms with van der Waals surface area (Å²) in [7, 11) is -4.71. The molecule has 3 nitrogen and oxygen atoms in total. The quantitative estimate of drug-likeness (QED) is 0.662. The van der Waals surface area contributed by atoms with Crippen LogP contribution < -0.4 is 0 Å². The molecular weight excluding hydrogens is 205 g/mol. The highest BCUT2D eigenvalue weighted by Crippen LogP contribution is 2.17. The van der Waals surface area contributed by atoms with Crippen molar-refractivity contribution < 1.29 is 12.3 Å². The van der Waals surface area contributed by atoms with Gasteiger partial charge in [-0.2, -0.15) is 8.42 Å². The summed E-state index contributed by atoms with van der Waals surface area (Å²) in [6.07, 6.45) is 1.10. The van der Waals surface area contributed by atoms with Crippen molar-refractivity contribution in [3.63, 3.8) is 0 Å². The highest BCUT2D eigenvalue weighted by molar-refractivity contribution is 7.86. The largest absolute Gasteiger partial charge is 0.349 e. The lowest BCUT2D eigenvalue weighted by Crippen LogP contribution is -1.96. The molecule has 0 atom stereocenters. The van der Waals surface area contributed by atoms with Gasteiger partial charge in [0, 0.05) is 6.20 Å². The number of aryl methyl sites for hydroxylation is 1. The van der Waals surface area contributed by atoms with Gasteiger partial charge in [0.2, 0.25) is 0 Å². The van der Waals surface area contributed by atoms with E-state index in [0.29, 0.717) is 10.6 Å². The van der Waals surface area contributed by atoms with Crippen LogP contribution >= 0.6 is 11.6 Å². The van der Waals surface area contributed by atoms with Crippen LogP contribution in [-0.2, 0) is 10.2 Å². The molecule has 0 saturated heterocycles. The van der Waals surface area contributed by atoms with E-state index in [2.05, 4.69) is 4.98 Å². The number of rotatable bonds is 1. The van der Waals surface area contributed by atoms with Gasteiger partial charge in [-0.15, -0.1) is 0 Å². The van der Waals surface area contributed by atoms with E-state index in [1.165, 1.54) is 0 Å². The summed E-state index contributed by atoms with van der Waals surface area (Å²) in [5, 5.41) is -0.299. The van der Waals surface area contributed by atoms with E-state index in [1.807, 2.05) is 0 Å². The predicted molar refractivity (Wildman–Crippen MR) is 42.3 cm³/mol. The number of nitrogens with zero attached hydrogens (tertiary/aromatic N) is 1. The van der Waals surface area contributed by atoms with Gasteiger partial charge in [0.05, 0.1) is 5.02 Å². The van der Waals surface area contributed by atoms with Crippen LogP contribution in [0.2, 0.25) is 5.02 Å². The van der Waals surface area contributed by atoms with Crippen molar-refractivity contribution in [2.24, 2.45) is 0 Å². The molecule has 0 saturated carbocycles. The minimum Gasteiger partial charge on any atom is -0.241 e. The second-order valence-corrected chi connectivity index (χ2v) is 3.91. The fourth-order valence-electron chi connectivity index (χ4n) is 0.647. The summed E-state index contributed by atoms with van der Waals surface area (Å²) in [4.78, 5) is 3.32. The molecule has 0 aliphatic heterocycles.